The van der Waals surface area contributed by atoms with Gasteiger partial charge in [0.25, 0.3) is 0 Å². The van der Waals surface area contributed by atoms with Crippen LogP contribution in [0, 0.1) is 0 Å². The highest BCUT2D eigenvalue weighted by atomic mass is 16.6. The number of hydrogen-bond acceptors (Lipinski definition) is 3. The zero-order valence-electron chi connectivity index (χ0n) is 13.8. The van der Waals surface area contributed by atoms with E-state index in [1.807, 2.05) is 52.1 Å². The molecule has 4 heteroatoms. The summed E-state index contributed by atoms with van der Waals surface area (Å²) in [5, 5.41) is 0. The van der Waals surface area contributed by atoms with Gasteiger partial charge in [0.15, 0.2) is 0 Å². The maximum Gasteiger partial charge on any atom is 0.410 e. The van der Waals surface area contributed by atoms with Crippen LogP contribution in [0.4, 0.5) is 4.79 Å². The topological polar surface area (TPSA) is 42.4 Å². The summed E-state index contributed by atoms with van der Waals surface area (Å²) in [7, 11) is 0. The SMILES string of the molecule is C/C=C\c1ccc(C2=CCN(C(=O)OC(C)(C)C)CC2)cn1. The van der Waals surface area contributed by atoms with Crippen LogP contribution in [0.2, 0.25) is 0 Å². The molecule has 0 N–H and O–H groups in total. The Labute approximate surface area is 132 Å². The highest BCUT2D eigenvalue weighted by Gasteiger charge is 2.23. The Balaban J connectivity index is 2.00. The molecule has 1 aliphatic heterocycles. The van der Waals surface area contributed by atoms with Crippen LogP contribution in [-0.2, 0) is 4.74 Å². The molecular formula is C18H24N2O2. The molecule has 2 heterocycles. The number of nitrogens with zero attached hydrogens (tertiary/aromatic N) is 2. The van der Waals surface area contributed by atoms with Crippen LogP contribution >= 0.6 is 0 Å². The fourth-order valence-electron chi connectivity index (χ4n) is 2.29. The number of carbonyl (C=O) groups excluding carboxylic acids is 1. The largest absolute Gasteiger partial charge is 0.444 e. The fraction of sp³-hybridized carbons (Fsp3) is 0.444. The Bertz CT molecular complexity index is 580. The quantitative estimate of drug-likeness (QED) is 0.824. The van der Waals surface area contributed by atoms with Crippen molar-refractivity contribution in [3.05, 3.63) is 41.7 Å². The van der Waals surface area contributed by atoms with Crippen molar-refractivity contribution in [3.63, 3.8) is 0 Å². The van der Waals surface area contributed by atoms with Gasteiger partial charge in [-0.1, -0.05) is 18.2 Å². The minimum atomic E-state index is -0.451. The van der Waals surface area contributed by atoms with Crippen molar-refractivity contribution in [2.45, 2.75) is 39.7 Å². The van der Waals surface area contributed by atoms with E-state index in [1.165, 1.54) is 5.57 Å². The molecule has 0 saturated heterocycles. The van der Waals surface area contributed by atoms with Crippen LogP contribution < -0.4 is 0 Å². The summed E-state index contributed by atoms with van der Waals surface area (Å²) in [6.45, 7) is 8.89. The number of ether oxygens (including phenoxy) is 1. The van der Waals surface area contributed by atoms with Crippen LogP contribution in [0.3, 0.4) is 0 Å². The average Bonchev–Trinajstić information content (AvgIpc) is 2.47. The van der Waals surface area contributed by atoms with Gasteiger partial charge in [-0.2, -0.15) is 0 Å². The van der Waals surface area contributed by atoms with Gasteiger partial charge in [-0.05, 0) is 57.4 Å². The number of allylic oxidation sites excluding steroid dienone is 1. The van der Waals surface area contributed by atoms with Crippen molar-refractivity contribution in [1.82, 2.24) is 9.88 Å². The fourth-order valence-corrected chi connectivity index (χ4v) is 2.29. The maximum atomic E-state index is 12.0. The monoisotopic (exact) mass is 300 g/mol. The highest BCUT2D eigenvalue weighted by molar-refractivity contribution is 5.72. The average molecular weight is 300 g/mol. The predicted molar refractivity (Wildman–Crippen MR) is 89.3 cm³/mol. The van der Waals surface area contributed by atoms with Crippen molar-refractivity contribution in [2.75, 3.05) is 13.1 Å². The molecule has 1 aliphatic rings. The third kappa shape index (κ3) is 4.45. The van der Waals surface area contributed by atoms with E-state index in [9.17, 15) is 4.79 Å². The number of aromatic nitrogens is 1. The second-order valence-corrected chi connectivity index (χ2v) is 6.38. The molecule has 1 aromatic heterocycles. The number of rotatable bonds is 2. The van der Waals surface area contributed by atoms with Crippen molar-refractivity contribution in [2.24, 2.45) is 0 Å². The summed E-state index contributed by atoms with van der Waals surface area (Å²) < 4.78 is 5.40. The van der Waals surface area contributed by atoms with Gasteiger partial charge in [-0.25, -0.2) is 4.79 Å². The Morgan fingerprint density at radius 3 is 2.64 bits per heavy atom. The first-order valence-corrected chi connectivity index (χ1v) is 7.65. The smallest absolute Gasteiger partial charge is 0.410 e. The van der Waals surface area contributed by atoms with Gasteiger partial charge in [-0.15, -0.1) is 0 Å². The third-order valence-electron chi connectivity index (χ3n) is 3.36. The van der Waals surface area contributed by atoms with E-state index in [-0.39, 0.29) is 6.09 Å². The molecule has 0 spiro atoms. The molecule has 0 unspecified atom stereocenters. The molecule has 0 aliphatic carbocycles. The van der Waals surface area contributed by atoms with Crippen LogP contribution in [0.25, 0.3) is 11.6 Å². The second kappa shape index (κ2) is 6.77. The van der Waals surface area contributed by atoms with Crippen molar-refractivity contribution >= 4 is 17.7 Å². The second-order valence-electron chi connectivity index (χ2n) is 6.38. The summed E-state index contributed by atoms with van der Waals surface area (Å²) >= 11 is 0. The van der Waals surface area contributed by atoms with Crippen molar-refractivity contribution < 1.29 is 9.53 Å². The Morgan fingerprint density at radius 1 is 1.36 bits per heavy atom. The standard InChI is InChI=1S/C18H24N2O2/c1-5-6-16-8-7-15(13-19-16)14-9-11-20(12-10-14)17(21)22-18(2,3)4/h5-9,13H,10-12H2,1-4H3/b6-5-. The summed E-state index contributed by atoms with van der Waals surface area (Å²) in [6.07, 6.45) is 8.50. The lowest BCUT2D eigenvalue weighted by atomic mass is 10.0. The molecule has 1 amide bonds. The van der Waals surface area contributed by atoms with Gasteiger partial charge in [-0.3, -0.25) is 4.98 Å². The molecule has 0 atom stereocenters. The molecule has 0 aromatic carbocycles. The van der Waals surface area contributed by atoms with E-state index in [2.05, 4.69) is 17.1 Å². The summed E-state index contributed by atoms with van der Waals surface area (Å²) in [4.78, 5) is 18.2. The molecule has 2 rings (SSSR count). The number of hydrogen-bond donors (Lipinski definition) is 0. The van der Waals surface area contributed by atoms with Gasteiger partial charge in [0.05, 0.1) is 5.69 Å². The number of carbonyl (C=O) groups is 1. The van der Waals surface area contributed by atoms with E-state index in [4.69, 9.17) is 4.74 Å². The first kappa shape index (κ1) is 16.3. The lowest BCUT2D eigenvalue weighted by Gasteiger charge is -2.29. The van der Waals surface area contributed by atoms with E-state index in [0.29, 0.717) is 13.1 Å². The van der Waals surface area contributed by atoms with Crippen LogP contribution in [0.15, 0.2) is 30.5 Å². The number of amides is 1. The zero-order valence-corrected chi connectivity index (χ0v) is 13.8. The van der Waals surface area contributed by atoms with Gasteiger partial charge >= 0.3 is 6.09 Å². The van der Waals surface area contributed by atoms with Crippen molar-refractivity contribution in [1.29, 1.82) is 0 Å². The molecular weight excluding hydrogens is 276 g/mol. The minimum absolute atomic E-state index is 0.246. The summed E-state index contributed by atoms with van der Waals surface area (Å²) in [5.74, 6) is 0. The van der Waals surface area contributed by atoms with Gasteiger partial charge in [0.2, 0.25) is 0 Å². The van der Waals surface area contributed by atoms with Crippen LogP contribution in [0.1, 0.15) is 45.4 Å². The molecule has 0 fully saturated rings. The summed E-state index contributed by atoms with van der Waals surface area (Å²) in [6, 6.07) is 4.09. The maximum absolute atomic E-state index is 12.0. The normalized spacial score (nSPS) is 15.8. The van der Waals surface area contributed by atoms with E-state index < -0.39 is 5.60 Å². The summed E-state index contributed by atoms with van der Waals surface area (Å²) in [5.41, 5.74) is 2.86. The van der Waals surface area contributed by atoms with E-state index in [0.717, 1.165) is 17.7 Å². The molecule has 118 valence electrons. The van der Waals surface area contributed by atoms with E-state index in [1.54, 1.807) is 4.90 Å². The molecule has 0 bridgehead atoms. The number of pyridine rings is 1. The highest BCUT2D eigenvalue weighted by Crippen LogP contribution is 2.23. The molecule has 4 nitrogen and oxygen atoms in total. The lowest BCUT2D eigenvalue weighted by molar-refractivity contribution is 0.0270. The van der Waals surface area contributed by atoms with Crippen LogP contribution in [-0.4, -0.2) is 34.7 Å². The van der Waals surface area contributed by atoms with Gasteiger partial charge < -0.3 is 9.64 Å². The first-order chi connectivity index (χ1) is 10.4. The van der Waals surface area contributed by atoms with Crippen LogP contribution in [0.5, 0.6) is 0 Å². The lowest BCUT2D eigenvalue weighted by Crippen LogP contribution is -2.39. The molecule has 0 saturated carbocycles. The van der Waals surface area contributed by atoms with Crippen molar-refractivity contribution in [3.8, 4) is 0 Å². The predicted octanol–water partition coefficient (Wildman–Crippen LogP) is 4.14. The molecule has 1 aromatic rings. The third-order valence-corrected chi connectivity index (χ3v) is 3.36. The van der Waals surface area contributed by atoms with Gasteiger partial charge in [0, 0.05) is 19.3 Å². The zero-order chi connectivity index (χ0) is 16.2. The molecule has 0 radical (unpaired) electrons. The Kier molecular flexibility index (Phi) is 5.01. The Hall–Kier alpha value is -2.10. The minimum Gasteiger partial charge on any atom is -0.444 e. The van der Waals surface area contributed by atoms with Gasteiger partial charge in [0.1, 0.15) is 5.60 Å². The van der Waals surface area contributed by atoms with E-state index >= 15 is 0 Å². The Morgan fingerprint density at radius 2 is 2.14 bits per heavy atom. The first-order valence-electron chi connectivity index (χ1n) is 7.65. The molecule has 22 heavy (non-hydrogen) atoms.